The lowest BCUT2D eigenvalue weighted by molar-refractivity contribution is -0.140. The Morgan fingerprint density at radius 3 is 2.59 bits per heavy atom. The molecule has 0 aliphatic carbocycles. The van der Waals surface area contributed by atoms with E-state index in [1.54, 1.807) is 24.3 Å². The van der Waals surface area contributed by atoms with E-state index in [1.165, 1.54) is 23.1 Å². The van der Waals surface area contributed by atoms with Crippen LogP contribution in [-0.2, 0) is 14.3 Å². The third-order valence-corrected chi connectivity index (χ3v) is 5.34. The summed E-state index contributed by atoms with van der Waals surface area (Å²) >= 11 is 6.31. The van der Waals surface area contributed by atoms with Crippen molar-refractivity contribution in [3.63, 3.8) is 0 Å². The van der Waals surface area contributed by atoms with E-state index < -0.39 is 23.5 Å². The molecule has 0 aromatic heterocycles. The summed E-state index contributed by atoms with van der Waals surface area (Å²) in [6.45, 7) is 6.31. The molecule has 7 nitrogen and oxygen atoms in total. The minimum Gasteiger partial charge on any atom is -0.508 e. The SMILES string of the molecule is CCOc1ccc(Cl)c(/C(O)=C2\C(=O)C(=O)N(CCOC(C)C)C2c2cccc(O)c2)c1. The van der Waals surface area contributed by atoms with Crippen LogP contribution in [0.15, 0.2) is 48.0 Å². The van der Waals surface area contributed by atoms with Crippen LogP contribution in [0.5, 0.6) is 11.5 Å². The van der Waals surface area contributed by atoms with Crippen molar-refractivity contribution in [2.75, 3.05) is 19.8 Å². The number of likely N-dealkylation sites (tertiary alicyclic amines) is 1. The molecular formula is C24H26ClNO6. The number of nitrogens with zero attached hydrogens (tertiary/aromatic N) is 1. The summed E-state index contributed by atoms with van der Waals surface area (Å²) in [5, 5.41) is 21.4. The number of halogens is 1. The number of aliphatic hydroxyl groups is 1. The fourth-order valence-electron chi connectivity index (χ4n) is 3.63. The third-order valence-electron chi connectivity index (χ3n) is 5.01. The van der Waals surface area contributed by atoms with Crippen LogP contribution in [0.1, 0.15) is 37.9 Å². The van der Waals surface area contributed by atoms with E-state index >= 15 is 0 Å². The number of ketones is 1. The lowest BCUT2D eigenvalue weighted by Crippen LogP contribution is -2.33. The predicted molar refractivity (Wildman–Crippen MR) is 121 cm³/mol. The predicted octanol–water partition coefficient (Wildman–Crippen LogP) is 4.29. The molecule has 3 rings (SSSR count). The van der Waals surface area contributed by atoms with Crippen LogP contribution in [-0.4, -0.2) is 52.7 Å². The first-order chi connectivity index (χ1) is 15.2. The van der Waals surface area contributed by atoms with Crippen LogP contribution in [0.4, 0.5) is 0 Å². The Hall–Kier alpha value is -3.03. The molecule has 170 valence electrons. The Labute approximate surface area is 191 Å². The monoisotopic (exact) mass is 459 g/mol. The van der Waals surface area contributed by atoms with Crippen LogP contribution >= 0.6 is 11.6 Å². The number of aliphatic hydroxyl groups excluding tert-OH is 1. The zero-order valence-corrected chi connectivity index (χ0v) is 18.9. The van der Waals surface area contributed by atoms with Gasteiger partial charge in [0.15, 0.2) is 0 Å². The molecule has 1 amide bonds. The van der Waals surface area contributed by atoms with Gasteiger partial charge in [-0.3, -0.25) is 9.59 Å². The molecule has 2 N–H and O–H groups in total. The van der Waals surface area contributed by atoms with Crippen molar-refractivity contribution in [1.29, 1.82) is 0 Å². The van der Waals surface area contributed by atoms with E-state index in [1.807, 2.05) is 20.8 Å². The van der Waals surface area contributed by atoms with Gasteiger partial charge in [-0.2, -0.15) is 0 Å². The highest BCUT2D eigenvalue weighted by Gasteiger charge is 2.46. The van der Waals surface area contributed by atoms with Crippen LogP contribution in [0.3, 0.4) is 0 Å². The molecule has 1 heterocycles. The molecule has 0 spiro atoms. The van der Waals surface area contributed by atoms with E-state index in [9.17, 15) is 19.8 Å². The van der Waals surface area contributed by atoms with Crippen molar-refractivity contribution < 1.29 is 29.3 Å². The second kappa shape index (κ2) is 10.1. The number of ether oxygens (including phenoxy) is 2. The molecule has 0 bridgehead atoms. The van der Waals surface area contributed by atoms with Gasteiger partial charge in [-0.1, -0.05) is 23.7 Å². The fraction of sp³-hybridized carbons (Fsp3) is 0.333. The van der Waals surface area contributed by atoms with E-state index in [4.69, 9.17) is 21.1 Å². The maximum absolute atomic E-state index is 13.0. The Kier molecular flexibility index (Phi) is 7.43. The summed E-state index contributed by atoms with van der Waals surface area (Å²) in [6.07, 6.45) is -0.0499. The molecular weight excluding hydrogens is 434 g/mol. The molecule has 2 aromatic carbocycles. The van der Waals surface area contributed by atoms with Crippen molar-refractivity contribution in [3.8, 4) is 11.5 Å². The van der Waals surface area contributed by atoms with Gasteiger partial charge in [-0.05, 0) is 56.7 Å². The average Bonchev–Trinajstić information content (AvgIpc) is 2.99. The van der Waals surface area contributed by atoms with E-state index in [0.717, 1.165) is 0 Å². The highest BCUT2D eigenvalue weighted by atomic mass is 35.5. The summed E-state index contributed by atoms with van der Waals surface area (Å²) in [6, 6.07) is 10.0. The molecule has 0 saturated carbocycles. The smallest absolute Gasteiger partial charge is 0.295 e. The van der Waals surface area contributed by atoms with Crippen molar-refractivity contribution in [3.05, 3.63) is 64.2 Å². The molecule has 8 heteroatoms. The number of hydrogen-bond donors (Lipinski definition) is 2. The normalized spacial score (nSPS) is 17.9. The lowest BCUT2D eigenvalue weighted by Gasteiger charge is -2.25. The number of Topliss-reactive ketones (excluding diaryl/α,β-unsaturated/α-hetero) is 1. The molecule has 1 fully saturated rings. The number of amides is 1. The Morgan fingerprint density at radius 2 is 1.94 bits per heavy atom. The number of rotatable bonds is 8. The largest absolute Gasteiger partial charge is 0.508 e. The van der Waals surface area contributed by atoms with Gasteiger partial charge in [0.25, 0.3) is 11.7 Å². The van der Waals surface area contributed by atoms with Gasteiger partial charge in [0, 0.05) is 12.1 Å². The Morgan fingerprint density at radius 1 is 1.19 bits per heavy atom. The van der Waals surface area contributed by atoms with Gasteiger partial charge < -0.3 is 24.6 Å². The second-order valence-electron chi connectivity index (χ2n) is 7.58. The highest BCUT2D eigenvalue weighted by Crippen LogP contribution is 2.41. The maximum Gasteiger partial charge on any atom is 0.295 e. The first kappa shape index (κ1) is 23.6. The number of carbonyl (C=O) groups is 2. The van der Waals surface area contributed by atoms with Gasteiger partial charge in [0.2, 0.25) is 0 Å². The average molecular weight is 460 g/mol. The minimum absolute atomic E-state index is 0.0251. The van der Waals surface area contributed by atoms with Crippen molar-refractivity contribution in [2.45, 2.75) is 32.9 Å². The van der Waals surface area contributed by atoms with Gasteiger partial charge in [0.05, 0.1) is 36.0 Å². The molecule has 32 heavy (non-hydrogen) atoms. The molecule has 1 aliphatic rings. The molecule has 0 radical (unpaired) electrons. The molecule has 1 aliphatic heterocycles. The number of carbonyl (C=O) groups excluding carboxylic acids is 2. The number of phenols is 1. The lowest BCUT2D eigenvalue weighted by atomic mass is 9.95. The van der Waals surface area contributed by atoms with Gasteiger partial charge in [0.1, 0.15) is 17.3 Å². The van der Waals surface area contributed by atoms with Gasteiger partial charge in [-0.25, -0.2) is 0 Å². The van der Waals surface area contributed by atoms with Crippen LogP contribution in [0.2, 0.25) is 5.02 Å². The Balaban J connectivity index is 2.14. The first-order valence-corrected chi connectivity index (χ1v) is 10.7. The van der Waals surface area contributed by atoms with Crippen LogP contribution in [0.25, 0.3) is 5.76 Å². The number of phenolic OH excluding ortho intramolecular Hbond substituents is 1. The van der Waals surface area contributed by atoms with E-state index in [0.29, 0.717) is 17.9 Å². The minimum atomic E-state index is -0.912. The standard InChI is InChI=1S/C24H26ClNO6/c1-4-31-17-8-9-19(25)18(13-17)22(28)20-21(15-6-5-7-16(27)12-15)26(24(30)23(20)29)10-11-32-14(2)3/h5-9,12-14,21,27-28H,4,10-11H2,1-3H3/b22-20+. The van der Waals surface area contributed by atoms with Gasteiger partial charge in [-0.15, -0.1) is 0 Å². The summed E-state index contributed by atoms with van der Waals surface area (Å²) in [7, 11) is 0. The Bertz CT molecular complexity index is 1050. The van der Waals surface area contributed by atoms with Crippen molar-refractivity contribution in [1.82, 2.24) is 4.90 Å². The summed E-state index contributed by atoms with van der Waals surface area (Å²) in [4.78, 5) is 27.3. The summed E-state index contributed by atoms with van der Waals surface area (Å²) in [5.41, 5.74) is 0.548. The van der Waals surface area contributed by atoms with Crippen LogP contribution < -0.4 is 4.74 Å². The van der Waals surface area contributed by atoms with Crippen molar-refractivity contribution in [2.24, 2.45) is 0 Å². The molecule has 1 saturated heterocycles. The second-order valence-corrected chi connectivity index (χ2v) is 7.99. The summed E-state index contributed by atoms with van der Waals surface area (Å²) < 4.78 is 11.0. The van der Waals surface area contributed by atoms with E-state index in [2.05, 4.69) is 0 Å². The van der Waals surface area contributed by atoms with E-state index in [-0.39, 0.29) is 41.2 Å². The fourth-order valence-corrected chi connectivity index (χ4v) is 3.83. The number of hydrogen-bond acceptors (Lipinski definition) is 6. The highest BCUT2D eigenvalue weighted by molar-refractivity contribution is 6.47. The maximum atomic E-state index is 13.0. The molecule has 2 aromatic rings. The zero-order chi connectivity index (χ0) is 23.4. The molecule has 1 unspecified atom stereocenters. The number of aromatic hydroxyl groups is 1. The topological polar surface area (TPSA) is 96.3 Å². The third kappa shape index (κ3) is 4.89. The quantitative estimate of drug-likeness (QED) is 0.347. The zero-order valence-electron chi connectivity index (χ0n) is 18.2. The summed E-state index contributed by atoms with van der Waals surface area (Å²) in [5.74, 6) is -1.56. The van der Waals surface area contributed by atoms with Gasteiger partial charge >= 0.3 is 0 Å². The first-order valence-electron chi connectivity index (χ1n) is 10.4. The number of benzene rings is 2. The van der Waals surface area contributed by atoms with Crippen LogP contribution in [0, 0.1) is 0 Å². The molecule has 1 atom stereocenters. The van der Waals surface area contributed by atoms with Crippen molar-refractivity contribution >= 4 is 29.1 Å².